The first-order chi connectivity index (χ1) is 15.1. The summed E-state index contributed by atoms with van der Waals surface area (Å²) in [7, 11) is 0. The molecule has 0 aromatic heterocycles. The summed E-state index contributed by atoms with van der Waals surface area (Å²) in [5.41, 5.74) is 4.68. The fourth-order valence-electron chi connectivity index (χ4n) is 3.13. The molecule has 4 aromatic carbocycles. The second kappa shape index (κ2) is 9.04. The number of nitrogens with one attached hydrogen (secondary N) is 1. The molecule has 0 saturated carbocycles. The van der Waals surface area contributed by atoms with E-state index in [4.69, 9.17) is 4.74 Å². The summed E-state index contributed by atoms with van der Waals surface area (Å²) >= 11 is 0. The van der Waals surface area contributed by atoms with Crippen molar-refractivity contribution in [2.75, 3.05) is 5.43 Å². The lowest BCUT2D eigenvalue weighted by Crippen LogP contribution is -2.01. The fraction of sp³-hybridized carbons (Fsp3) is 0.0417. The Bertz CT molecular complexity index is 1260. The monoisotopic (exact) mass is 415 g/mol. The van der Waals surface area contributed by atoms with E-state index >= 15 is 0 Å². The molecular weight excluding hydrogens is 397 g/mol. The summed E-state index contributed by atoms with van der Waals surface area (Å²) in [4.78, 5) is 10.3. The van der Waals surface area contributed by atoms with E-state index in [1.807, 2.05) is 36.4 Å². The Balaban J connectivity index is 1.59. The van der Waals surface area contributed by atoms with Gasteiger partial charge in [-0.2, -0.15) is 5.10 Å². The lowest BCUT2D eigenvalue weighted by molar-refractivity contribution is -0.384. The fourth-order valence-corrected chi connectivity index (χ4v) is 3.13. The first-order valence-electron chi connectivity index (χ1n) is 9.53. The smallest absolute Gasteiger partial charge is 0.269 e. The summed E-state index contributed by atoms with van der Waals surface area (Å²) < 4.78 is 19.9. The van der Waals surface area contributed by atoms with Crippen LogP contribution in [0.1, 0.15) is 11.1 Å². The van der Waals surface area contributed by atoms with Crippen LogP contribution in [0.2, 0.25) is 0 Å². The van der Waals surface area contributed by atoms with E-state index in [1.54, 1.807) is 36.5 Å². The van der Waals surface area contributed by atoms with E-state index in [2.05, 4.69) is 10.5 Å². The molecule has 154 valence electrons. The lowest BCUT2D eigenvalue weighted by atomic mass is 10.0. The predicted octanol–water partition coefficient (Wildman–Crippen LogP) is 5.91. The maximum absolute atomic E-state index is 14.0. The zero-order chi connectivity index (χ0) is 21.6. The van der Waals surface area contributed by atoms with Crippen LogP contribution in [0.25, 0.3) is 10.8 Å². The second-order valence-corrected chi connectivity index (χ2v) is 6.75. The van der Waals surface area contributed by atoms with Crippen LogP contribution in [0, 0.1) is 15.9 Å². The third-order valence-electron chi connectivity index (χ3n) is 4.74. The zero-order valence-electron chi connectivity index (χ0n) is 16.4. The molecule has 0 aliphatic heterocycles. The van der Waals surface area contributed by atoms with Crippen molar-refractivity contribution >= 4 is 28.4 Å². The summed E-state index contributed by atoms with van der Waals surface area (Å²) in [5.74, 6) is 0.245. The number of hydrogen-bond acceptors (Lipinski definition) is 5. The molecule has 0 spiro atoms. The topological polar surface area (TPSA) is 76.8 Å². The van der Waals surface area contributed by atoms with E-state index in [-0.39, 0.29) is 18.1 Å². The average molecular weight is 415 g/mol. The molecule has 0 fully saturated rings. The van der Waals surface area contributed by atoms with Crippen molar-refractivity contribution in [2.24, 2.45) is 5.10 Å². The van der Waals surface area contributed by atoms with Crippen LogP contribution in [0.5, 0.6) is 5.75 Å². The van der Waals surface area contributed by atoms with E-state index in [0.717, 1.165) is 16.3 Å². The molecule has 7 heteroatoms. The Morgan fingerprint density at radius 1 is 0.968 bits per heavy atom. The maximum atomic E-state index is 14.0. The summed E-state index contributed by atoms with van der Waals surface area (Å²) in [6, 6.07) is 24.0. The molecule has 0 unspecified atom stereocenters. The molecule has 0 atom stereocenters. The van der Waals surface area contributed by atoms with Gasteiger partial charge in [-0.05, 0) is 35.0 Å². The average Bonchev–Trinajstić information content (AvgIpc) is 2.79. The minimum Gasteiger partial charge on any atom is -0.488 e. The second-order valence-electron chi connectivity index (χ2n) is 6.75. The molecule has 0 amide bonds. The summed E-state index contributed by atoms with van der Waals surface area (Å²) in [6.45, 7) is 0.0850. The molecule has 0 aliphatic rings. The number of hydrogen-bond donors (Lipinski definition) is 1. The van der Waals surface area contributed by atoms with Crippen LogP contribution in [0.3, 0.4) is 0 Å². The highest BCUT2D eigenvalue weighted by Gasteiger charge is 2.09. The number of rotatable bonds is 7. The van der Waals surface area contributed by atoms with Gasteiger partial charge in [-0.25, -0.2) is 4.39 Å². The molecule has 0 radical (unpaired) electrons. The van der Waals surface area contributed by atoms with Gasteiger partial charge in [0.25, 0.3) is 5.69 Å². The van der Waals surface area contributed by atoms with E-state index in [1.165, 1.54) is 18.2 Å². The molecule has 4 aromatic rings. The van der Waals surface area contributed by atoms with Gasteiger partial charge in [0.15, 0.2) is 0 Å². The van der Waals surface area contributed by atoms with Gasteiger partial charge in [-0.15, -0.1) is 0 Å². The van der Waals surface area contributed by atoms with Crippen LogP contribution >= 0.6 is 0 Å². The highest BCUT2D eigenvalue weighted by atomic mass is 19.1. The Hall–Kier alpha value is -4.26. The van der Waals surface area contributed by atoms with Crippen molar-refractivity contribution in [3.63, 3.8) is 0 Å². The van der Waals surface area contributed by atoms with Crippen LogP contribution in [-0.4, -0.2) is 11.1 Å². The van der Waals surface area contributed by atoms with Crippen molar-refractivity contribution in [3.05, 3.63) is 112 Å². The number of ether oxygens (including phenoxy) is 1. The largest absolute Gasteiger partial charge is 0.488 e. The lowest BCUT2D eigenvalue weighted by Gasteiger charge is -2.12. The Kier molecular flexibility index (Phi) is 5.84. The molecule has 0 bridgehead atoms. The predicted molar refractivity (Wildman–Crippen MR) is 119 cm³/mol. The molecule has 1 N–H and O–H groups in total. The minimum atomic E-state index is -0.456. The minimum absolute atomic E-state index is 0.00686. The number of halogens is 1. The van der Waals surface area contributed by atoms with Crippen molar-refractivity contribution in [3.8, 4) is 5.75 Å². The number of anilines is 1. The summed E-state index contributed by atoms with van der Waals surface area (Å²) in [5, 5.41) is 17.0. The Morgan fingerprint density at radius 3 is 2.48 bits per heavy atom. The number of nitro benzene ring substituents is 1. The van der Waals surface area contributed by atoms with Gasteiger partial charge in [0.1, 0.15) is 18.2 Å². The molecule has 4 rings (SSSR count). The van der Waals surface area contributed by atoms with Crippen LogP contribution in [-0.2, 0) is 6.61 Å². The van der Waals surface area contributed by atoms with Crippen LogP contribution in [0.4, 0.5) is 15.8 Å². The third-order valence-corrected chi connectivity index (χ3v) is 4.74. The highest BCUT2D eigenvalue weighted by Crippen LogP contribution is 2.28. The SMILES string of the molecule is O=[N+]([O-])c1ccc(N/N=C\c2c(OCc3ccccc3F)ccc3ccccc23)cc1. The van der Waals surface area contributed by atoms with Gasteiger partial charge in [0, 0.05) is 23.3 Å². The van der Waals surface area contributed by atoms with Crippen molar-refractivity contribution < 1.29 is 14.1 Å². The summed E-state index contributed by atoms with van der Waals surface area (Å²) in [6.07, 6.45) is 1.63. The molecule has 0 saturated heterocycles. The molecular formula is C24H18FN3O3. The molecule has 6 nitrogen and oxygen atoms in total. The number of fused-ring (bicyclic) bond motifs is 1. The normalized spacial score (nSPS) is 11.0. The van der Waals surface area contributed by atoms with Gasteiger partial charge in [0.2, 0.25) is 0 Å². The van der Waals surface area contributed by atoms with Crippen molar-refractivity contribution in [1.82, 2.24) is 0 Å². The van der Waals surface area contributed by atoms with E-state index in [9.17, 15) is 14.5 Å². The van der Waals surface area contributed by atoms with Gasteiger partial charge >= 0.3 is 0 Å². The molecule has 0 aliphatic carbocycles. The Morgan fingerprint density at radius 2 is 1.71 bits per heavy atom. The van der Waals surface area contributed by atoms with Crippen LogP contribution in [0.15, 0.2) is 90.0 Å². The highest BCUT2D eigenvalue weighted by molar-refractivity contribution is 6.02. The standard InChI is InChI=1S/C24H18FN3O3/c25-23-8-4-2-6-18(23)16-31-24-14-9-17-5-1-3-7-21(17)22(24)15-26-27-19-10-12-20(13-11-19)28(29)30/h1-15,27H,16H2/b26-15-. The quantitative estimate of drug-likeness (QED) is 0.231. The van der Waals surface area contributed by atoms with Gasteiger partial charge < -0.3 is 4.74 Å². The number of non-ortho nitro benzene ring substituents is 1. The third kappa shape index (κ3) is 4.67. The number of hydrazone groups is 1. The van der Waals surface area contributed by atoms with E-state index in [0.29, 0.717) is 17.0 Å². The van der Waals surface area contributed by atoms with Crippen molar-refractivity contribution in [2.45, 2.75) is 6.61 Å². The maximum Gasteiger partial charge on any atom is 0.269 e. The zero-order valence-corrected chi connectivity index (χ0v) is 16.4. The number of benzene rings is 4. The number of nitro groups is 1. The van der Waals surface area contributed by atoms with Gasteiger partial charge in [-0.3, -0.25) is 15.5 Å². The number of nitrogens with zero attached hydrogens (tertiary/aromatic N) is 2. The molecule has 0 heterocycles. The van der Waals surface area contributed by atoms with Crippen molar-refractivity contribution in [1.29, 1.82) is 0 Å². The molecule has 31 heavy (non-hydrogen) atoms. The van der Waals surface area contributed by atoms with Crippen LogP contribution < -0.4 is 10.2 Å². The van der Waals surface area contributed by atoms with Gasteiger partial charge in [-0.1, -0.05) is 48.5 Å². The van der Waals surface area contributed by atoms with Gasteiger partial charge in [0.05, 0.1) is 16.8 Å². The first-order valence-corrected chi connectivity index (χ1v) is 9.53. The first kappa shape index (κ1) is 20.0. The van der Waals surface area contributed by atoms with E-state index < -0.39 is 4.92 Å². The Labute approximate surface area is 177 Å².